The second-order valence-electron chi connectivity index (χ2n) is 8.27. The number of hydrogen-bond donors (Lipinski definition) is 1. The summed E-state index contributed by atoms with van der Waals surface area (Å²) in [7, 11) is 6.55. The average molecular weight is 490 g/mol. The van der Waals surface area contributed by atoms with Crippen LogP contribution in [0.4, 0.5) is 20.5 Å². The Hall–Kier alpha value is -3.51. The molecule has 0 radical (unpaired) electrons. The summed E-state index contributed by atoms with van der Waals surface area (Å²) >= 11 is 0. The van der Waals surface area contributed by atoms with E-state index in [2.05, 4.69) is 37.2 Å². The van der Waals surface area contributed by atoms with Crippen molar-refractivity contribution in [3.05, 3.63) is 47.4 Å². The summed E-state index contributed by atoms with van der Waals surface area (Å²) in [5.41, 5.74) is 0.642. The van der Waals surface area contributed by atoms with Crippen molar-refractivity contribution in [3.8, 4) is 17.2 Å². The Balaban J connectivity index is 1.38. The number of halogens is 2. The van der Waals surface area contributed by atoms with Crippen LogP contribution in [0, 0.1) is 11.6 Å². The summed E-state index contributed by atoms with van der Waals surface area (Å²) in [5.74, 6) is -0.650. The van der Waals surface area contributed by atoms with Crippen molar-refractivity contribution >= 4 is 11.8 Å². The van der Waals surface area contributed by atoms with Gasteiger partial charge >= 0.3 is 0 Å². The van der Waals surface area contributed by atoms with Crippen LogP contribution in [-0.2, 0) is 20.2 Å². The van der Waals surface area contributed by atoms with Crippen LogP contribution in [0.3, 0.4) is 0 Å². The van der Waals surface area contributed by atoms with E-state index in [-0.39, 0.29) is 22.8 Å². The second kappa shape index (κ2) is 10.8. The van der Waals surface area contributed by atoms with E-state index in [1.54, 1.807) is 4.68 Å². The van der Waals surface area contributed by atoms with Gasteiger partial charge in [-0.25, -0.2) is 18.7 Å². The highest BCUT2D eigenvalue weighted by molar-refractivity contribution is 5.49. The molecule has 35 heavy (non-hydrogen) atoms. The molecule has 1 fully saturated rings. The van der Waals surface area contributed by atoms with Crippen LogP contribution in [0.25, 0.3) is 0 Å². The van der Waals surface area contributed by atoms with Crippen LogP contribution in [0.2, 0.25) is 0 Å². The van der Waals surface area contributed by atoms with E-state index in [1.165, 1.54) is 26.6 Å². The summed E-state index contributed by atoms with van der Waals surface area (Å²) in [6.07, 6.45) is 2.84. The number of rotatable bonds is 9. The van der Waals surface area contributed by atoms with Crippen LogP contribution >= 0.6 is 0 Å². The minimum atomic E-state index is -0.853. The number of piperazine rings is 1. The molecular formula is C23H29F2N7O3. The Morgan fingerprint density at radius 2 is 1.57 bits per heavy atom. The lowest BCUT2D eigenvalue weighted by molar-refractivity contribution is 0.146. The highest BCUT2D eigenvalue weighted by atomic mass is 19.1. The minimum Gasteiger partial charge on any atom is -0.494 e. The molecule has 1 aromatic carbocycles. The molecule has 12 heteroatoms. The van der Waals surface area contributed by atoms with Crippen LogP contribution in [0.5, 0.6) is 17.2 Å². The Bertz CT molecular complexity index is 1120. The van der Waals surface area contributed by atoms with E-state index in [1.807, 2.05) is 13.1 Å². The fourth-order valence-corrected chi connectivity index (χ4v) is 3.74. The Kier molecular flexibility index (Phi) is 7.61. The van der Waals surface area contributed by atoms with Crippen molar-refractivity contribution in [2.24, 2.45) is 7.05 Å². The lowest BCUT2D eigenvalue weighted by Crippen LogP contribution is -2.43. The summed E-state index contributed by atoms with van der Waals surface area (Å²) in [5, 5.41) is 7.70. The number of anilines is 2. The number of aryl methyl sites for hydroxylation is 1. The molecule has 3 aromatic rings. The van der Waals surface area contributed by atoms with Gasteiger partial charge in [0.1, 0.15) is 12.4 Å². The van der Waals surface area contributed by atoms with Gasteiger partial charge in [0.2, 0.25) is 5.95 Å². The molecule has 10 nitrogen and oxygen atoms in total. The normalized spacial score (nSPS) is 14.7. The van der Waals surface area contributed by atoms with Crippen LogP contribution < -0.4 is 19.5 Å². The Labute approximate surface area is 202 Å². The van der Waals surface area contributed by atoms with Gasteiger partial charge in [0, 0.05) is 51.9 Å². The number of benzene rings is 1. The largest absolute Gasteiger partial charge is 0.494 e. The van der Waals surface area contributed by atoms with E-state index < -0.39 is 18.2 Å². The minimum absolute atomic E-state index is 0.138. The van der Waals surface area contributed by atoms with Gasteiger partial charge in [0.25, 0.3) is 0 Å². The standard InChI is InChI=1S/C23H29F2N7O3/c1-30-5-7-32(8-6-30)13-15-9-20(31(2)29-15)28-23-26-11-16(12-27-23)35-14-17-21(24)18(33-3)10-19(34-4)22(17)25/h9-12H,5-8,13-14H2,1-4H3,(H,26,27,28). The van der Waals surface area contributed by atoms with Crippen LogP contribution in [-0.4, -0.2) is 77.0 Å². The molecule has 0 spiro atoms. The van der Waals surface area contributed by atoms with Crippen molar-refractivity contribution in [2.45, 2.75) is 13.2 Å². The van der Waals surface area contributed by atoms with E-state index in [9.17, 15) is 8.78 Å². The highest BCUT2D eigenvalue weighted by Crippen LogP contribution is 2.32. The Morgan fingerprint density at radius 1 is 0.943 bits per heavy atom. The first-order chi connectivity index (χ1) is 16.9. The van der Waals surface area contributed by atoms with Gasteiger partial charge in [0.15, 0.2) is 28.9 Å². The monoisotopic (exact) mass is 489 g/mol. The predicted octanol–water partition coefficient (Wildman–Crippen LogP) is 2.58. The van der Waals surface area contributed by atoms with Crippen molar-refractivity contribution in [3.63, 3.8) is 0 Å². The molecular weight excluding hydrogens is 460 g/mol. The molecule has 1 aliphatic rings. The number of nitrogens with one attached hydrogen (secondary N) is 1. The van der Waals surface area contributed by atoms with Crippen molar-refractivity contribution in [1.29, 1.82) is 0 Å². The molecule has 1 N–H and O–H groups in total. The fourth-order valence-electron chi connectivity index (χ4n) is 3.74. The van der Waals surface area contributed by atoms with Gasteiger partial charge in [-0.1, -0.05) is 0 Å². The average Bonchev–Trinajstić information content (AvgIpc) is 3.20. The molecule has 0 amide bonds. The van der Waals surface area contributed by atoms with Gasteiger partial charge in [-0.05, 0) is 7.05 Å². The van der Waals surface area contributed by atoms with E-state index in [0.717, 1.165) is 50.3 Å². The number of nitrogens with zero attached hydrogens (tertiary/aromatic N) is 6. The molecule has 188 valence electrons. The van der Waals surface area contributed by atoms with Crippen molar-refractivity contribution in [1.82, 2.24) is 29.5 Å². The van der Waals surface area contributed by atoms with Crippen molar-refractivity contribution in [2.75, 3.05) is 52.8 Å². The molecule has 4 rings (SSSR count). The summed E-state index contributed by atoms with van der Waals surface area (Å²) in [6.45, 7) is 4.50. The molecule has 2 aromatic heterocycles. The third-order valence-corrected chi connectivity index (χ3v) is 5.83. The van der Waals surface area contributed by atoms with Crippen LogP contribution in [0.1, 0.15) is 11.3 Å². The van der Waals surface area contributed by atoms with Crippen molar-refractivity contribution < 1.29 is 23.0 Å². The molecule has 0 atom stereocenters. The van der Waals surface area contributed by atoms with Gasteiger partial charge in [0.05, 0.1) is 37.9 Å². The summed E-state index contributed by atoms with van der Waals surface area (Å²) < 4.78 is 46.2. The SMILES string of the molecule is COc1cc(OC)c(F)c(COc2cnc(Nc3cc(CN4CCN(C)CC4)nn3C)nc2)c1F. The molecule has 0 unspecified atom stereocenters. The van der Waals surface area contributed by atoms with Gasteiger partial charge in [-0.3, -0.25) is 9.58 Å². The molecule has 3 heterocycles. The zero-order valence-corrected chi connectivity index (χ0v) is 20.2. The first-order valence-corrected chi connectivity index (χ1v) is 11.1. The lowest BCUT2D eigenvalue weighted by Gasteiger charge is -2.31. The summed E-state index contributed by atoms with van der Waals surface area (Å²) in [6, 6.07) is 3.11. The third kappa shape index (κ3) is 5.77. The Morgan fingerprint density at radius 3 is 2.17 bits per heavy atom. The number of hydrogen-bond acceptors (Lipinski definition) is 9. The quantitative estimate of drug-likeness (QED) is 0.487. The molecule has 0 saturated carbocycles. The lowest BCUT2D eigenvalue weighted by atomic mass is 10.1. The first kappa shape index (κ1) is 24.6. The van der Waals surface area contributed by atoms with E-state index in [4.69, 9.17) is 14.2 Å². The zero-order valence-electron chi connectivity index (χ0n) is 20.2. The maximum absolute atomic E-state index is 14.5. The van der Waals surface area contributed by atoms with Gasteiger partial charge in [-0.15, -0.1) is 0 Å². The van der Waals surface area contributed by atoms with Gasteiger partial charge in [-0.2, -0.15) is 5.10 Å². The fraction of sp³-hybridized carbons (Fsp3) is 0.435. The smallest absolute Gasteiger partial charge is 0.228 e. The third-order valence-electron chi connectivity index (χ3n) is 5.83. The second-order valence-corrected chi connectivity index (χ2v) is 8.27. The number of methoxy groups -OCH3 is 2. The molecule has 0 aliphatic carbocycles. The molecule has 1 saturated heterocycles. The van der Waals surface area contributed by atoms with E-state index in [0.29, 0.717) is 5.95 Å². The number of likely N-dealkylation sites (N-methyl/N-ethyl adjacent to an activating group) is 1. The van der Waals surface area contributed by atoms with Crippen LogP contribution in [0.15, 0.2) is 24.5 Å². The predicted molar refractivity (Wildman–Crippen MR) is 125 cm³/mol. The number of aromatic nitrogens is 4. The molecule has 0 bridgehead atoms. The topological polar surface area (TPSA) is 89.8 Å². The number of ether oxygens (including phenoxy) is 3. The van der Waals surface area contributed by atoms with Gasteiger partial charge < -0.3 is 24.4 Å². The first-order valence-electron chi connectivity index (χ1n) is 11.1. The summed E-state index contributed by atoms with van der Waals surface area (Å²) in [4.78, 5) is 13.1. The maximum Gasteiger partial charge on any atom is 0.228 e. The maximum atomic E-state index is 14.5. The van der Waals surface area contributed by atoms with E-state index >= 15 is 0 Å². The molecule has 1 aliphatic heterocycles. The highest BCUT2D eigenvalue weighted by Gasteiger charge is 2.21. The zero-order chi connectivity index (χ0) is 24.9.